The molecule has 0 N–H and O–H groups in total. The molecule has 5 heteroatoms. The average molecular weight is 320 g/mol. The van der Waals surface area contributed by atoms with E-state index >= 15 is 0 Å². The number of benzene rings is 2. The fraction of sp³-hybridized carbons (Fsp3) is 0.188. The zero-order chi connectivity index (χ0) is 14.8. The molecule has 2 aromatic rings. The maximum atomic E-state index is 12.3. The van der Waals surface area contributed by atoms with Gasteiger partial charge in [-0.3, -0.25) is 9.69 Å². The van der Waals surface area contributed by atoms with E-state index in [4.69, 9.17) is 16.3 Å². The van der Waals surface area contributed by atoms with E-state index < -0.39 is 0 Å². The van der Waals surface area contributed by atoms with Gasteiger partial charge in [0.15, 0.2) is 0 Å². The molecule has 0 radical (unpaired) electrons. The minimum Gasteiger partial charge on any atom is -0.497 e. The van der Waals surface area contributed by atoms with E-state index in [0.717, 1.165) is 17.0 Å². The van der Waals surface area contributed by atoms with Gasteiger partial charge in [-0.05, 0) is 30.3 Å². The Labute approximate surface area is 132 Å². The highest BCUT2D eigenvalue weighted by atomic mass is 35.5. The molecule has 108 valence electrons. The third-order valence-corrected chi connectivity index (χ3v) is 4.93. The Morgan fingerprint density at radius 2 is 1.90 bits per heavy atom. The number of carbonyl (C=O) groups excluding carboxylic acids is 1. The molecule has 1 fully saturated rings. The van der Waals surface area contributed by atoms with Crippen LogP contribution in [0.4, 0.5) is 5.69 Å². The summed E-state index contributed by atoms with van der Waals surface area (Å²) in [6.45, 7) is 0. The molecule has 1 aliphatic rings. The minimum atomic E-state index is -0.0837. The van der Waals surface area contributed by atoms with Gasteiger partial charge in [0.25, 0.3) is 0 Å². The van der Waals surface area contributed by atoms with Crippen molar-refractivity contribution in [1.29, 1.82) is 0 Å². The number of ether oxygens (including phenoxy) is 1. The zero-order valence-electron chi connectivity index (χ0n) is 11.5. The number of nitrogens with zero attached hydrogens (tertiary/aromatic N) is 1. The van der Waals surface area contributed by atoms with Crippen molar-refractivity contribution < 1.29 is 9.53 Å². The quantitative estimate of drug-likeness (QED) is 0.852. The Morgan fingerprint density at radius 3 is 2.57 bits per heavy atom. The zero-order valence-corrected chi connectivity index (χ0v) is 13.0. The molecule has 0 aliphatic carbocycles. The van der Waals surface area contributed by atoms with E-state index in [2.05, 4.69) is 0 Å². The summed E-state index contributed by atoms with van der Waals surface area (Å²) in [5, 5.41) is 0.600. The molecule has 1 aliphatic heterocycles. The monoisotopic (exact) mass is 319 g/mol. The number of hydrogen-bond acceptors (Lipinski definition) is 3. The van der Waals surface area contributed by atoms with Crippen LogP contribution in [0.15, 0.2) is 48.5 Å². The maximum absolute atomic E-state index is 12.3. The summed E-state index contributed by atoms with van der Waals surface area (Å²) in [6, 6.07) is 15.2. The molecule has 0 unspecified atom stereocenters. The molecule has 21 heavy (non-hydrogen) atoms. The number of anilines is 1. The molecule has 0 spiro atoms. The van der Waals surface area contributed by atoms with Crippen LogP contribution in [0.5, 0.6) is 5.75 Å². The van der Waals surface area contributed by atoms with Gasteiger partial charge in [0.2, 0.25) is 5.91 Å². The number of carbonyl (C=O) groups is 1. The Bertz CT molecular complexity index is 660. The molecule has 1 saturated heterocycles. The Morgan fingerprint density at radius 1 is 1.19 bits per heavy atom. The molecule has 1 atom stereocenters. The van der Waals surface area contributed by atoms with Crippen LogP contribution in [0, 0.1) is 0 Å². The molecule has 0 aromatic heterocycles. The van der Waals surface area contributed by atoms with Gasteiger partial charge in [-0.2, -0.15) is 0 Å². The smallest absolute Gasteiger partial charge is 0.238 e. The van der Waals surface area contributed by atoms with Gasteiger partial charge in [0.1, 0.15) is 11.1 Å². The second-order valence-corrected chi connectivity index (χ2v) is 6.12. The number of amides is 1. The normalized spacial score (nSPS) is 18.1. The maximum Gasteiger partial charge on any atom is 0.238 e. The highest BCUT2D eigenvalue weighted by Crippen LogP contribution is 2.44. The third-order valence-electron chi connectivity index (χ3n) is 3.39. The van der Waals surface area contributed by atoms with E-state index in [-0.39, 0.29) is 11.3 Å². The summed E-state index contributed by atoms with van der Waals surface area (Å²) >= 11 is 7.87. The van der Waals surface area contributed by atoms with E-state index in [0.29, 0.717) is 10.8 Å². The van der Waals surface area contributed by atoms with Gasteiger partial charge in [-0.1, -0.05) is 29.8 Å². The van der Waals surface area contributed by atoms with Crippen molar-refractivity contribution in [2.45, 2.75) is 5.37 Å². The minimum absolute atomic E-state index is 0.0837. The topological polar surface area (TPSA) is 29.5 Å². The van der Waals surface area contributed by atoms with E-state index in [1.165, 1.54) is 0 Å². The van der Waals surface area contributed by atoms with Gasteiger partial charge in [-0.25, -0.2) is 0 Å². The van der Waals surface area contributed by atoms with Crippen LogP contribution in [0.25, 0.3) is 0 Å². The van der Waals surface area contributed by atoms with Crippen LogP contribution in [0.3, 0.4) is 0 Å². The Hall–Kier alpha value is -1.65. The Kier molecular flexibility index (Phi) is 4.08. The molecule has 3 rings (SSSR count). The van der Waals surface area contributed by atoms with Crippen molar-refractivity contribution in [3.05, 3.63) is 59.1 Å². The first-order valence-corrected chi connectivity index (χ1v) is 7.95. The van der Waals surface area contributed by atoms with Gasteiger partial charge in [0, 0.05) is 16.3 Å². The fourth-order valence-corrected chi connectivity index (χ4v) is 3.87. The number of methoxy groups -OCH3 is 1. The molecule has 2 aromatic carbocycles. The average Bonchev–Trinajstić information content (AvgIpc) is 2.89. The predicted octanol–water partition coefficient (Wildman–Crippen LogP) is 4.13. The summed E-state index contributed by atoms with van der Waals surface area (Å²) in [7, 11) is 1.62. The highest BCUT2D eigenvalue weighted by Gasteiger charge is 2.34. The van der Waals surface area contributed by atoms with Crippen molar-refractivity contribution in [3.63, 3.8) is 0 Å². The van der Waals surface area contributed by atoms with Gasteiger partial charge >= 0.3 is 0 Å². The van der Waals surface area contributed by atoms with Crippen LogP contribution in [-0.4, -0.2) is 18.8 Å². The number of hydrogen-bond donors (Lipinski definition) is 0. The van der Waals surface area contributed by atoms with Crippen LogP contribution >= 0.6 is 23.4 Å². The van der Waals surface area contributed by atoms with Crippen molar-refractivity contribution in [1.82, 2.24) is 0 Å². The highest BCUT2D eigenvalue weighted by molar-refractivity contribution is 8.00. The molecule has 3 nitrogen and oxygen atoms in total. The van der Waals surface area contributed by atoms with E-state index in [1.807, 2.05) is 48.5 Å². The second-order valence-electron chi connectivity index (χ2n) is 4.65. The van der Waals surface area contributed by atoms with E-state index in [1.54, 1.807) is 23.8 Å². The lowest BCUT2D eigenvalue weighted by Gasteiger charge is -2.25. The summed E-state index contributed by atoms with van der Waals surface area (Å²) in [5.41, 5.74) is 1.82. The number of halogens is 1. The summed E-state index contributed by atoms with van der Waals surface area (Å²) in [5.74, 6) is 1.32. The lowest BCUT2D eigenvalue weighted by atomic mass is 10.2. The molecule has 1 amide bonds. The fourth-order valence-electron chi connectivity index (χ4n) is 2.35. The lowest BCUT2D eigenvalue weighted by Crippen LogP contribution is -2.27. The number of thioether (sulfide) groups is 1. The molecule has 0 saturated carbocycles. The lowest BCUT2D eigenvalue weighted by molar-refractivity contribution is -0.115. The van der Waals surface area contributed by atoms with Gasteiger partial charge < -0.3 is 4.74 Å². The standard InChI is InChI=1S/C16H14ClNO2S/c1-20-12-8-6-11(7-9-12)18-15(19)10-21-16(18)13-4-2-3-5-14(13)17/h2-9,16H,10H2,1H3/t16-/m0/s1. The summed E-state index contributed by atoms with van der Waals surface area (Å²) < 4.78 is 5.16. The predicted molar refractivity (Wildman–Crippen MR) is 87.1 cm³/mol. The van der Waals surface area contributed by atoms with Crippen LogP contribution in [-0.2, 0) is 4.79 Å². The molecule has 1 heterocycles. The van der Waals surface area contributed by atoms with Crippen molar-refractivity contribution in [3.8, 4) is 5.75 Å². The van der Waals surface area contributed by atoms with Crippen molar-refractivity contribution in [2.75, 3.05) is 17.8 Å². The van der Waals surface area contributed by atoms with Gasteiger partial charge in [0.05, 0.1) is 12.9 Å². The second kappa shape index (κ2) is 6.00. The van der Waals surface area contributed by atoms with Crippen molar-refractivity contribution >= 4 is 35.0 Å². The van der Waals surface area contributed by atoms with Crippen LogP contribution in [0.1, 0.15) is 10.9 Å². The first-order valence-electron chi connectivity index (χ1n) is 6.53. The summed E-state index contributed by atoms with van der Waals surface area (Å²) in [6.07, 6.45) is 0. The van der Waals surface area contributed by atoms with Gasteiger partial charge in [-0.15, -0.1) is 11.8 Å². The first kappa shape index (κ1) is 14.3. The Balaban J connectivity index is 1.97. The van der Waals surface area contributed by atoms with Crippen LogP contribution in [0.2, 0.25) is 5.02 Å². The third kappa shape index (κ3) is 2.74. The largest absolute Gasteiger partial charge is 0.497 e. The SMILES string of the molecule is COc1ccc(N2C(=O)CS[C@H]2c2ccccc2Cl)cc1. The van der Waals surface area contributed by atoms with Crippen molar-refractivity contribution in [2.24, 2.45) is 0 Å². The number of rotatable bonds is 3. The first-order chi connectivity index (χ1) is 10.2. The van der Waals surface area contributed by atoms with E-state index in [9.17, 15) is 4.79 Å². The molecular formula is C16H14ClNO2S. The van der Waals surface area contributed by atoms with Crippen LogP contribution < -0.4 is 9.64 Å². The molecular weight excluding hydrogens is 306 g/mol. The molecule has 0 bridgehead atoms. The summed E-state index contributed by atoms with van der Waals surface area (Å²) in [4.78, 5) is 14.1.